The third-order valence-electron chi connectivity index (χ3n) is 3.88. The molecule has 0 aliphatic carbocycles. The van der Waals surface area contributed by atoms with E-state index in [-0.39, 0.29) is 11.8 Å². The highest BCUT2D eigenvalue weighted by molar-refractivity contribution is 5.81. The molecule has 0 heterocycles. The van der Waals surface area contributed by atoms with Gasteiger partial charge in [0.25, 0.3) is 5.91 Å². The summed E-state index contributed by atoms with van der Waals surface area (Å²) < 4.78 is 5.83. The maximum atomic E-state index is 12.4. The lowest BCUT2D eigenvalue weighted by atomic mass is 10.0. The van der Waals surface area contributed by atoms with Crippen LogP contribution in [0.15, 0.2) is 54.6 Å². The predicted octanol–water partition coefficient (Wildman–Crippen LogP) is 4.07. The molecule has 0 spiro atoms. The second kappa shape index (κ2) is 8.37. The molecule has 0 fully saturated rings. The Bertz CT molecular complexity index is 625. The van der Waals surface area contributed by atoms with Gasteiger partial charge in [-0.1, -0.05) is 56.3 Å². The van der Waals surface area contributed by atoms with Crippen LogP contribution < -0.4 is 10.1 Å². The van der Waals surface area contributed by atoms with Crippen molar-refractivity contribution in [1.82, 2.24) is 5.32 Å². The van der Waals surface area contributed by atoms with Gasteiger partial charge in [0.15, 0.2) is 6.10 Å². The average molecular weight is 311 g/mol. The number of benzene rings is 2. The van der Waals surface area contributed by atoms with Gasteiger partial charge >= 0.3 is 0 Å². The summed E-state index contributed by atoms with van der Waals surface area (Å²) >= 11 is 0. The molecule has 0 aromatic heterocycles. The summed E-state index contributed by atoms with van der Waals surface area (Å²) in [6.07, 6.45) is 0.180. The lowest BCUT2D eigenvalue weighted by Crippen LogP contribution is -2.39. The second-order valence-electron chi connectivity index (χ2n) is 5.89. The van der Waals surface area contributed by atoms with Gasteiger partial charge in [0.1, 0.15) is 5.75 Å². The Balaban J connectivity index is 1.90. The fourth-order valence-corrected chi connectivity index (χ4v) is 2.44. The van der Waals surface area contributed by atoms with E-state index < -0.39 is 6.10 Å². The standard InChI is InChI=1S/C20H25NO2/c1-4-19(23-18-12-8-9-15(2)13-18)20(22)21-14-16(3)17-10-6-5-7-11-17/h5-13,16,19H,4,14H2,1-3H3,(H,21,22)/t16-,19-/m0/s1. The fourth-order valence-electron chi connectivity index (χ4n) is 2.44. The van der Waals surface area contributed by atoms with Gasteiger partial charge in [-0.2, -0.15) is 0 Å². The highest BCUT2D eigenvalue weighted by atomic mass is 16.5. The van der Waals surface area contributed by atoms with Crippen molar-refractivity contribution < 1.29 is 9.53 Å². The summed E-state index contributed by atoms with van der Waals surface area (Å²) in [7, 11) is 0. The number of carbonyl (C=O) groups excluding carboxylic acids is 1. The first-order valence-electron chi connectivity index (χ1n) is 8.16. The van der Waals surface area contributed by atoms with Crippen LogP contribution >= 0.6 is 0 Å². The van der Waals surface area contributed by atoms with E-state index >= 15 is 0 Å². The Hall–Kier alpha value is -2.29. The quantitative estimate of drug-likeness (QED) is 0.837. The van der Waals surface area contributed by atoms with Crippen LogP contribution in [0.3, 0.4) is 0 Å². The molecule has 0 saturated carbocycles. The van der Waals surface area contributed by atoms with Gasteiger partial charge in [-0.05, 0) is 42.5 Å². The van der Waals surface area contributed by atoms with Gasteiger partial charge in [0, 0.05) is 6.54 Å². The van der Waals surface area contributed by atoms with Gasteiger partial charge < -0.3 is 10.1 Å². The summed E-state index contributed by atoms with van der Waals surface area (Å²) in [5.74, 6) is 0.955. The molecule has 0 unspecified atom stereocenters. The van der Waals surface area contributed by atoms with Crippen LogP contribution in [0.2, 0.25) is 0 Å². The van der Waals surface area contributed by atoms with Crippen LogP contribution in [0.1, 0.15) is 37.3 Å². The van der Waals surface area contributed by atoms with Crippen LogP contribution in [-0.4, -0.2) is 18.6 Å². The number of carbonyl (C=O) groups is 1. The number of hydrogen-bond acceptors (Lipinski definition) is 2. The second-order valence-corrected chi connectivity index (χ2v) is 5.89. The zero-order valence-electron chi connectivity index (χ0n) is 14.1. The molecule has 2 aromatic carbocycles. The Morgan fingerprint density at radius 2 is 1.87 bits per heavy atom. The summed E-state index contributed by atoms with van der Waals surface area (Å²) in [6.45, 7) is 6.69. The van der Waals surface area contributed by atoms with Gasteiger partial charge in [0.05, 0.1) is 0 Å². The lowest BCUT2D eigenvalue weighted by molar-refractivity contribution is -0.128. The fraction of sp³-hybridized carbons (Fsp3) is 0.350. The molecular formula is C20H25NO2. The molecule has 1 amide bonds. The Morgan fingerprint density at radius 3 is 2.52 bits per heavy atom. The molecule has 3 nitrogen and oxygen atoms in total. The largest absolute Gasteiger partial charge is 0.481 e. The van der Waals surface area contributed by atoms with E-state index in [1.165, 1.54) is 5.56 Å². The van der Waals surface area contributed by atoms with Crippen molar-refractivity contribution in [2.24, 2.45) is 0 Å². The molecule has 122 valence electrons. The van der Waals surface area contributed by atoms with E-state index in [1.54, 1.807) is 0 Å². The number of ether oxygens (including phenoxy) is 1. The van der Waals surface area contributed by atoms with E-state index in [2.05, 4.69) is 24.4 Å². The number of aryl methyl sites for hydroxylation is 1. The van der Waals surface area contributed by atoms with Gasteiger partial charge in [-0.15, -0.1) is 0 Å². The van der Waals surface area contributed by atoms with E-state index in [0.717, 1.165) is 11.3 Å². The van der Waals surface area contributed by atoms with Crippen LogP contribution in [0.5, 0.6) is 5.75 Å². The average Bonchev–Trinajstić information content (AvgIpc) is 2.58. The Kier molecular flexibility index (Phi) is 6.21. The molecule has 0 saturated heterocycles. The molecule has 0 radical (unpaired) electrons. The molecular weight excluding hydrogens is 286 g/mol. The summed E-state index contributed by atoms with van der Waals surface area (Å²) in [5.41, 5.74) is 2.34. The van der Waals surface area contributed by atoms with E-state index in [4.69, 9.17) is 4.74 Å². The minimum Gasteiger partial charge on any atom is -0.481 e. The normalized spacial score (nSPS) is 13.2. The van der Waals surface area contributed by atoms with E-state index in [9.17, 15) is 4.79 Å². The first-order chi connectivity index (χ1) is 11.1. The molecule has 2 rings (SSSR count). The van der Waals surface area contributed by atoms with Crippen molar-refractivity contribution in [2.75, 3.05) is 6.54 Å². The van der Waals surface area contributed by atoms with Gasteiger partial charge in [-0.3, -0.25) is 4.79 Å². The first-order valence-corrected chi connectivity index (χ1v) is 8.16. The number of hydrogen-bond donors (Lipinski definition) is 1. The predicted molar refractivity (Wildman–Crippen MR) is 93.8 cm³/mol. The topological polar surface area (TPSA) is 38.3 Å². The number of nitrogens with one attached hydrogen (secondary N) is 1. The number of rotatable bonds is 7. The molecule has 3 heteroatoms. The Labute approximate surface area is 138 Å². The van der Waals surface area contributed by atoms with Crippen molar-refractivity contribution in [1.29, 1.82) is 0 Å². The van der Waals surface area contributed by atoms with E-state index in [0.29, 0.717) is 13.0 Å². The number of amides is 1. The molecule has 0 bridgehead atoms. The third kappa shape index (κ3) is 5.13. The Morgan fingerprint density at radius 1 is 1.13 bits per heavy atom. The zero-order chi connectivity index (χ0) is 16.7. The van der Waals surface area contributed by atoms with Crippen molar-refractivity contribution in [3.8, 4) is 5.75 Å². The van der Waals surface area contributed by atoms with Gasteiger partial charge in [-0.25, -0.2) is 0 Å². The SMILES string of the molecule is CC[C@H](Oc1cccc(C)c1)C(=O)NC[C@H](C)c1ccccc1. The zero-order valence-corrected chi connectivity index (χ0v) is 14.1. The van der Waals surface area contributed by atoms with Crippen molar-refractivity contribution >= 4 is 5.91 Å². The van der Waals surface area contributed by atoms with Crippen LogP contribution in [0.4, 0.5) is 0 Å². The molecule has 2 atom stereocenters. The van der Waals surface area contributed by atoms with Crippen molar-refractivity contribution in [3.05, 3.63) is 65.7 Å². The molecule has 1 N–H and O–H groups in total. The molecule has 0 aliphatic heterocycles. The van der Waals surface area contributed by atoms with Crippen LogP contribution in [0, 0.1) is 6.92 Å². The highest BCUT2D eigenvalue weighted by Crippen LogP contribution is 2.16. The van der Waals surface area contributed by atoms with Crippen LogP contribution in [-0.2, 0) is 4.79 Å². The summed E-state index contributed by atoms with van der Waals surface area (Å²) in [6, 6.07) is 18.0. The molecule has 2 aromatic rings. The third-order valence-corrected chi connectivity index (χ3v) is 3.88. The summed E-state index contributed by atoms with van der Waals surface area (Å²) in [4.78, 5) is 12.4. The smallest absolute Gasteiger partial charge is 0.261 e. The van der Waals surface area contributed by atoms with Gasteiger partial charge in [0.2, 0.25) is 0 Å². The maximum Gasteiger partial charge on any atom is 0.261 e. The van der Waals surface area contributed by atoms with Crippen molar-refractivity contribution in [3.63, 3.8) is 0 Å². The van der Waals surface area contributed by atoms with Crippen LogP contribution in [0.25, 0.3) is 0 Å². The monoisotopic (exact) mass is 311 g/mol. The molecule has 23 heavy (non-hydrogen) atoms. The summed E-state index contributed by atoms with van der Waals surface area (Å²) in [5, 5.41) is 3.00. The van der Waals surface area contributed by atoms with Crippen molar-refractivity contribution in [2.45, 2.75) is 39.2 Å². The maximum absolute atomic E-state index is 12.4. The van der Waals surface area contributed by atoms with E-state index in [1.807, 2.05) is 56.3 Å². The highest BCUT2D eigenvalue weighted by Gasteiger charge is 2.19. The lowest BCUT2D eigenvalue weighted by Gasteiger charge is -2.19. The minimum absolute atomic E-state index is 0.0585. The minimum atomic E-state index is -0.459. The molecule has 0 aliphatic rings. The first kappa shape index (κ1) is 17.1.